The first kappa shape index (κ1) is 37.8. The first-order chi connectivity index (χ1) is 23.5. The summed E-state index contributed by atoms with van der Waals surface area (Å²) in [6, 6.07) is 32.0. The Morgan fingerprint density at radius 2 is 0.900 bits per heavy atom. The second-order valence-electron chi connectivity index (χ2n) is 17.4. The maximum absolute atomic E-state index is 8.82. The molecule has 0 spiro atoms. The van der Waals surface area contributed by atoms with Crippen molar-refractivity contribution < 1.29 is 15.6 Å². The molecule has 0 saturated carbocycles. The van der Waals surface area contributed by atoms with Crippen molar-refractivity contribution in [2.24, 2.45) is 0 Å². The predicted octanol–water partition coefficient (Wildman–Crippen LogP) is 14.8. The van der Waals surface area contributed by atoms with Crippen LogP contribution in [0.15, 0.2) is 96.1 Å². The summed E-state index contributed by atoms with van der Waals surface area (Å²) in [5, 5.41) is 0. The fraction of sp³-hybridized carbons (Fsp3) is 0.391. The molecule has 263 valence electrons. The summed E-state index contributed by atoms with van der Waals surface area (Å²) in [4.78, 5) is 0. The third-order valence-electron chi connectivity index (χ3n) is 11.6. The van der Waals surface area contributed by atoms with E-state index in [2.05, 4.69) is 166 Å². The number of hydrogen-bond acceptors (Lipinski definition) is 0. The molecule has 0 radical (unpaired) electrons. The number of halogens is 2. The predicted molar refractivity (Wildman–Crippen MR) is 223 cm³/mol. The molecular weight excluding hydrogens is 743 g/mol. The molecule has 0 amide bonds. The van der Waals surface area contributed by atoms with Crippen LogP contribution >= 0.6 is 17.0 Å². The van der Waals surface area contributed by atoms with E-state index in [9.17, 15) is 0 Å². The molecule has 0 fully saturated rings. The molecule has 4 heteroatoms. The molecule has 0 N–H and O–H groups in total. The van der Waals surface area contributed by atoms with Gasteiger partial charge in [0.1, 0.15) is 0 Å². The van der Waals surface area contributed by atoms with Gasteiger partial charge in [-0.05, 0) is 0 Å². The number of rotatable bonds is 9. The van der Waals surface area contributed by atoms with Crippen molar-refractivity contribution in [3.05, 3.63) is 129 Å². The summed E-state index contributed by atoms with van der Waals surface area (Å²) >= 11 is -4.89. The third-order valence-corrected chi connectivity index (χ3v) is 63.5. The summed E-state index contributed by atoms with van der Waals surface area (Å²) in [6.07, 6.45) is 9.26. The maximum atomic E-state index is 8.82. The normalized spacial score (nSPS) is 18.4. The van der Waals surface area contributed by atoms with Gasteiger partial charge in [-0.15, -0.1) is 0 Å². The van der Waals surface area contributed by atoms with Gasteiger partial charge in [0.2, 0.25) is 0 Å². The van der Waals surface area contributed by atoms with E-state index < -0.39 is 21.5 Å². The van der Waals surface area contributed by atoms with Crippen LogP contribution in [-0.4, -0.2) is 5.92 Å². The van der Waals surface area contributed by atoms with E-state index in [1.807, 2.05) is 0 Å². The second kappa shape index (κ2) is 13.8. The summed E-state index contributed by atoms with van der Waals surface area (Å²) in [7, 11) is 17.6. The molecule has 0 aromatic heterocycles. The number of fused-ring (bicyclic) bond motifs is 2. The zero-order valence-electron chi connectivity index (χ0n) is 32.1. The van der Waals surface area contributed by atoms with E-state index >= 15 is 0 Å². The van der Waals surface area contributed by atoms with Gasteiger partial charge in [-0.3, -0.25) is 0 Å². The minimum absolute atomic E-state index is 0.0258. The van der Waals surface area contributed by atoms with Crippen molar-refractivity contribution >= 4 is 35.1 Å². The van der Waals surface area contributed by atoms with Crippen LogP contribution in [0, 0.1) is 0 Å². The standard InChI is InChI=1S/2C22H25.C2H7Si.2ClH.Zr/c2*1-5-9-16-14-17-10-8-12-18(20(17)15-16)19-11-6-7-13-21(19)22(2,3)4;1-3-2;;;/h2*6-8,10-15H,5,9H2,1-4H3;3H,1-2H3;2*1H;/q;;;;;+2/p-2. The molecule has 0 bridgehead atoms. The topological polar surface area (TPSA) is 0 Å². The molecule has 0 saturated heterocycles. The molecule has 2 unspecified atom stereocenters. The Balaban J connectivity index is 1.62. The molecule has 0 aliphatic heterocycles. The van der Waals surface area contributed by atoms with Crippen LogP contribution in [0.5, 0.6) is 0 Å². The average molecular weight is 800 g/mol. The van der Waals surface area contributed by atoms with Gasteiger partial charge in [-0.2, -0.15) is 0 Å². The van der Waals surface area contributed by atoms with Gasteiger partial charge >= 0.3 is 315 Å². The Bertz CT molecular complexity index is 1850. The van der Waals surface area contributed by atoms with Crippen LogP contribution in [-0.2, 0) is 26.4 Å². The van der Waals surface area contributed by atoms with Crippen LogP contribution in [0.4, 0.5) is 0 Å². The van der Waals surface area contributed by atoms with Gasteiger partial charge in [-0.1, -0.05) is 0 Å². The van der Waals surface area contributed by atoms with Crippen LogP contribution in [0.2, 0.25) is 13.1 Å². The zero-order chi connectivity index (χ0) is 36.2. The monoisotopic (exact) mass is 797 g/mol. The minimum atomic E-state index is -4.89. The molecule has 2 atom stereocenters. The number of hydrogen-bond donors (Lipinski definition) is 0. The molecule has 2 aliphatic rings. The van der Waals surface area contributed by atoms with Crippen LogP contribution < -0.4 is 0 Å². The Morgan fingerprint density at radius 3 is 1.24 bits per heavy atom. The van der Waals surface area contributed by atoms with Gasteiger partial charge in [0.25, 0.3) is 0 Å². The molecule has 50 heavy (non-hydrogen) atoms. The van der Waals surface area contributed by atoms with Crippen LogP contribution in [0.1, 0.15) is 122 Å². The fourth-order valence-corrected chi connectivity index (χ4v) is 40.8. The molecule has 6 rings (SSSR count). The Labute approximate surface area is 312 Å². The second-order valence-corrected chi connectivity index (χ2v) is 59.9. The molecule has 2 aliphatic carbocycles. The Kier molecular flexibility index (Phi) is 10.4. The van der Waals surface area contributed by atoms with E-state index in [1.165, 1.54) is 66.8 Å². The molecule has 0 heterocycles. The molecule has 4 aromatic carbocycles. The fourth-order valence-electron chi connectivity index (χ4n) is 9.29. The van der Waals surface area contributed by atoms with Gasteiger partial charge in [0.05, 0.1) is 0 Å². The molecule has 4 aromatic rings. The summed E-state index contributed by atoms with van der Waals surface area (Å²) < 4.78 is 0.203. The van der Waals surface area contributed by atoms with E-state index in [0.717, 1.165) is 25.7 Å². The van der Waals surface area contributed by atoms with E-state index in [1.54, 1.807) is 0 Å². The number of benzene rings is 4. The first-order valence-electron chi connectivity index (χ1n) is 19.0. The van der Waals surface area contributed by atoms with Gasteiger partial charge in [-0.25, -0.2) is 0 Å². The quantitative estimate of drug-likeness (QED) is 0.148. The summed E-state index contributed by atoms with van der Waals surface area (Å²) in [6.45, 7) is 23.5. The summed E-state index contributed by atoms with van der Waals surface area (Å²) in [5.74, 6) is -1.66. The van der Waals surface area contributed by atoms with Crippen molar-refractivity contribution in [3.63, 3.8) is 0 Å². The zero-order valence-corrected chi connectivity index (χ0v) is 37.2. The number of allylic oxidation sites excluding steroid dienone is 2. The summed E-state index contributed by atoms with van der Waals surface area (Å²) in [5.41, 5.74) is 16.5. The van der Waals surface area contributed by atoms with Crippen LogP contribution in [0.3, 0.4) is 0 Å². The van der Waals surface area contributed by atoms with Gasteiger partial charge in [0, 0.05) is 0 Å². The third kappa shape index (κ3) is 6.27. The van der Waals surface area contributed by atoms with E-state index in [0.29, 0.717) is 0 Å². The van der Waals surface area contributed by atoms with Crippen molar-refractivity contribution in [2.75, 3.05) is 0 Å². The average Bonchev–Trinajstić information content (AvgIpc) is 3.63. The van der Waals surface area contributed by atoms with Gasteiger partial charge in [0.15, 0.2) is 0 Å². The Morgan fingerprint density at radius 1 is 0.540 bits per heavy atom. The van der Waals surface area contributed by atoms with Crippen molar-refractivity contribution in [3.8, 4) is 22.3 Å². The Hall–Kier alpha value is -1.96. The first-order valence-corrected chi connectivity index (χ1v) is 35.3. The van der Waals surface area contributed by atoms with Crippen molar-refractivity contribution in [1.29, 1.82) is 0 Å². The molecular formula is C46H57Cl2SiZr. The van der Waals surface area contributed by atoms with E-state index in [-0.39, 0.29) is 18.1 Å². The van der Waals surface area contributed by atoms with Crippen LogP contribution in [0.25, 0.3) is 34.4 Å². The van der Waals surface area contributed by atoms with Gasteiger partial charge < -0.3 is 0 Å². The molecule has 0 nitrogen and oxygen atoms in total. The SMILES string of the molecule is CCCC1=Cc2c(-c3ccccc3C(C)(C)C)cccc2[CH]1[Zr]([Cl])([Cl])([CH]1C(CCC)=Cc2c(-c3ccccc3C(C)(C)C)cccc21)[SiH](C)C. The van der Waals surface area contributed by atoms with E-state index in [4.69, 9.17) is 17.0 Å². The van der Waals surface area contributed by atoms with Crippen molar-refractivity contribution in [2.45, 2.75) is 112 Å². The van der Waals surface area contributed by atoms with Crippen molar-refractivity contribution in [1.82, 2.24) is 0 Å².